The summed E-state index contributed by atoms with van der Waals surface area (Å²) < 4.78 is 0. The molecular weight excluding hydrogens is 236 g/mol. The summed E-state index contributed by atoms with van der Waals surface area (Å²) in [7, 11) is 0. The number of likely N-dealkylation sites (tertiary alicyclic amines) is 1. The zero-order valence-corrected chi connectivity index (χ0v) is 12.9. The number of nitrogens with two attached hydrogens (primary N) is 1. The maximum atomic E-state index is 12.4. The van der Waals surface area contributed by atoms with Crippen LogP contribution in [-0.4, -0.2) is 29.4 Å². The normalized spacial score (nSPS) is 27.6. The summed E-state index contributed by atoms with van der Waals surface area (Å²) in [5.74, 6) is 1.03. The number of amides is 1. The van der Waals surface area contributed by atoms with Crippen molar-refractivity contribution in [1.29, 1.82) is 0 Å². The van der Waals surface area contributed by atoms with Crippen molar-refractivity contribution in [1.82, 2.24) is 4.90 Å². The lowest BCUT2D eigenvalue weighted by molar-refractivity contribution is -0.133. The summed E-state index contributed by atoms with van der Waals surface area (Å²) in [6.07, 6.45) is 7.34. The van der Waals surface area contributed by atoms with Gasteiger partial charge >= 0.3 is 0 Å². The van der Waals surface area contributed by atoms with Crippen molar-refractivity contribution in [2.24, 2.45) is 17.1 Å². The first-order valence-electron chi connectivity index (χ1n) is 7.87. The van der Waals surface area contributed by atoms with Gasteiger partial charge in [0.05, 0.1) is 0 Å². The fourth-order valence-corrected chi connectivity index (χ4v) is 3.43. The third-order valence-electron chi connectivity index (χ3n) is 5.16. The second-order valence-electron chi connectivity index (χ2n) is 7.77. The summed E-state index contributed by atoms with van der Waals surface area (Å²) in [5, 5.41) is 0. The van der Waals surface area contributed by atoms with E-state index in [0.717, 1.165) is 44.7 Å². The lowest BCUT2D eigenvalue weighted by Crippen LogP contribution is -2.50. The predicted molar refractivity (Wildman–Crippen MR) is 78.8 cm³/mol. The molecule has 1 saturated heterocycles. The average Bonchev–Trinajstić information content (AvgIpc) is 2.51. The fourth-order valence-electron chi connectivity index (χ4n) is 3.43. The van der Waals surface area contributed by atoms with Crippen molar-refractivity contribution in [3.8, 4) is 0 Å². The van der Waals surface area contributed by atoms with Crippen LogP contribution in [0.15, 0.2) is 0 Å². The van der Waals surface area contributed by atoms with Crippen LogP contribution in [0.3, 0.4) is 0 Å². The van der Waals surface area contributed by atoms with Gasteiger partial charge in [0.15, 0.2) is 0 Å². The fraction of sp³-hybridized carbons (Fsp3) is 0.938. The van der Waals surface area contributed by atoms with Crippen LogP contribution >= 0.6 is 0 Å². The minimum Gasteiger partial charge on any atom is -0.343 e. The van der Waals surface area contributed by atoms with E-state index < -0.39 is 0 Å². The molecule has 110 valence electrons. The van der Waals surface area contributed by atoms with Gasteiger partial charge in [0.25, 0.3) is 0 Å². The van der Waals surface area contributed by atoms with Gasteiger partial charge in [-0.3, -0.25) is 4.79 Å². The molecule has 1 atom stereocenters. The Morgan fingerprint density at radius 2 is 1.89 bits per heavy atom. The van der Waals surface area contributed by atoms with E-state index in [-0.39, 0.29) is 11.4 Å². The number of carbonyl (C=O) groups excluding carboxylic acids is 1. The molecular formula is C16H30N2O. The zero-order chi connectivity index (χ0) is 14.1. The van der Waals surface area contributed by atoms with Gasteiger partial charge in [-0.15, -0.1) is 0 Å². The summed E-state index contributed by atoms with van der Waals surface area (Å²) in [6, 6.07) is 0. The van der Waals surface area contributed by atoms with Gasteiger partial charge in [-0.1, -0.05) is 20.8 Å². The van der Waals surface area contributed by atoms with E-state index in [1.165, 1.54) is 12.8 Å². The molecule has 0 bridgehead atoms. The van der Waals surface area contributed by atoms with Crippen LogP contribution in [0.25, 0.3) is 0 Å². The van der Waals surface area contributed by atoms with Crippen LogP contribution in [0.4, 0.5) is 0 Å². The lowest BCUT2D eigenvalue weighted by Gasteiger charge is -2.39. The molecule has 3 nitrogen and oxygen atoms in total. The molecule has 1 aliphatic heterocycles. The number of nitrogens with zero attached hydrogens (tertiary/aromatic N) is 1. The van der Waals surface area contributed by atoms with Crippen molar-refractivity contribution < 1.29 is 4.79 Å². The second-order valence-corrected chi connectivity index (χ2v) is 7.77. The molecule has 0 radical (unpaired) electrons. The summed E-state index contributed by atoms with van der Waals surface area (Å²) in [5.41, 5.74) is 6.39. The van der Waals surface area contributed by atoms with Crippen molar-refractivity contribution in [2.75, 3.05) is 13.1 Å². The molecule has 2 N–H and O–H groups in total. The van der Waals surface area contributed by atoms with Crippen LogP contribution in [-0.2, 0) is 4.79 Å². The summed E-state index contributed by atoms with van der Waals surface area (Å²) in [6.45, 7) is 8.81. The Balaban J connectivity index is 1.86. The van der Waals surface area contributed by atoms with E-state index in [1.807, 2.05) is 0 Å². The van der Waals surface area contributed by atoms with Gasteiger partial charge in [0, 0.05) is 25.0 Å². The molecule has 1 aliphatic carbocycles. The smallest absolute Gasteiger partial charge is 0.224 e. The zero-order valence-electron chi connectivity index (χ0n) is 12.9. The molecule has 0 aromatic heterocycles. The maximum Gasteiger partial charge on any atom is 0.224 e. The van der Waals surface area contributed by atoms with Crippen LogP contribution in [0, 0.1) is 11.3 Å². The number of hydrogen-bond donors (Lipinski definition) is 1. The molecule has 2 fully saturated rings. The first-order chi connectivity index (χ1) is 8.80. The van der Waals surface area contributed by atoms with E-state index in [0.29, 0.717) is 11.8 Å². The highest BCUT2D eigenvalue weighted by molar-refractivity contribution is 5.77. The molecule has 0 spiro atoms. The molecule has 2 aliphatic rings. The Bertz CT molecular complexity index is 328. The van der Waals surface area contributed by atoms with E-state index >= 15 is 0 Å². The van der Waals surface area contributed by atoms with Crippen LogP contribution in [0.5, 0.6) is 0 Å². The third-order valence-corrected chi connectivity index (χ3v) is 5.16. The van der Waals surface area contributed by atoms with Gasteiger partial charge in [0.2, 0.25) is 5.91 Å². The van der Waals surface area contributed by atoms with Crippen LogP contribution < -0.4 is 5.73 Å². The SMILES string of the molecule is CC(C)(C)C1CCCN(C(=O)CC2(N)CCC2)CC1. The molecule has 19 heavy (non-hydrogen) atoms. The summed E-state index contributed by atoms with van der Waals surface area (Å²) in [4.78, 5) is 14.4. The highest BCUT2D eigenvalue weighted by Crippen LogP contribution is 2.36. The van der Waals surface area contributed by atoms with Gasteiger partial charge in [-0.05, 0) is 49.9 Å². The largest absolute Gasteiger partial charge is 0.343 e. The van der Waals surface area contributed by atoms with Crippen molar-refractivity contribution in [3.63, 3.8) is 0 Å². The Hall–Kier alpha value is -0.570. The van der Waals surface area contributed by atoms with Crippen molar-refractivity contribution in [2.45, 2.75) is 71.3 Å². The van der Waals surface area contributed by atoms with E-state index in [9.17, 15) is 4.79 Å². The number of hydrogen-bond acceptors (Lipinski definition) is 2. The van der Waals surface area contributed by atoms with Crippen molar-refractivity contribution in [3.05, 3.63) is 0 Å². The quantitative estimate of drug-likeness (QED) is 0.835. The highest BCUT2D eigenvalue weighted by Gasteiger charge is 2.36. The molecule has 1 unspecified atom stereocenters. The van der Waals surface area contributed by atoms with Crippen molar-refractivity contribution >= 4 is 5.91 Å². The lowest BCUT2D eigenvalue weighted by atomic mass is 9.75. The Morgan fingerprint density at radius 3 is 2.42 bits per heavy atom. The van der Waals surface area contributed by atoms with Gasteiger partial charge < -0.3 is 10.6 Å². The Labute approximate surface area is 117 Å². The minimum atomic E-state index is -0.174. The molecule has 3 heteroatoms. The first-order valence-corrected chi connectivity index (χ1v) is 7.87. The molecule has 1 saturated carbocycles. The van der Waals surface area contributed by atoms with Gasteiger partial charge in [-0.2, -0.15) is 0 Å². The summed E-state index contributed by atoms with van der Waals surface area (Å²) >= 11 is 0. The number of rotatable bonds is 2. The molecule has 0 aromatic carbocycles. The number of carbonyl (C=O) groups is 1. The van der Waals surface area contributed by atoms with Crippen LogP contribution in [0.1, 0.15) is 65.7 Å². The maximum absolute atomic E-state index is 12.4. The van der Waals surface area contributed by atoms with Gasteiger partial charge in [-0.25, -0.2) is 0 Å². The predicted octanol–water partition coefficient (Wildman–Crippen LogP) is 2.93. The van der Waals surface area contributed by atoms with E-state index in [2.05, 4.69) is 25.7 Å². The monoisotopic (exact) mass is 266 g/mol. The molecule has 0 aromatic rings. The van der Waals surface area contributed by atoms with Gasteiger partial charge in [0.1, 0.15) is 0 Å². The minimum absolute atomic E-state index is 0.174. The highest BCUT2D eigenvalue weighted by atomic mass is 16.2. The Kier molecular flexibility index (Phi) is 4.24. The second kappa shape index (κ2) is 5.43. The average molecular weight is 266 g/mol. The molecule has 2 rings (SSSR count). The van der Waals surface area contributed by atoms with E-state index in [1.54, 1.807) is 0 Å². The molecule has 1 amide bonds. The van der Waals surface area contributed by atoms with E-state index in [4.69, 9.17) is 5.73 Å². The third kappa shape index (κ3) is 3.71. The van der Waals surface area contributed by atoms with Crippen LogP contribution in [0.2, 0.25) is 0 Å². The first kappa shape index (κ1) is 14.8. The standard InChI is InChI=1S/C16H30N2O/c1-15(2,3)13-6-4-10-18(11-7-13)14(19)12-16(17)8-5-9-16/h13H,4-12,17H2,1-3H3. The molecule has 1 heterocycles. The Morgan fingerprint density at radius 1 is 1.21 bits per heavy atom. The topological polar surface area (TPSA) is 46.3 Å².